The number of benzene rings is 1. The molecule has 1 aliphatic rings. The van der Waals surface area contributed by atoms with E-state index in [1.54, 1.807) is 0 Å². The Bertz CT molecular complexity index is 435. The van der Waals surface area contributed by atoms with Gasteiger partial charge in [0.25, 0.3) is 0 Å². The average molecular weight is 202 g/mol. The molecule has 3 nitrogen and oxygen atoms in total. The van der Waals surface area contributed by atoms with Crippen molar-refractivity contribution in [2.24, 2.45) is 10.7 Å². The molecule has 0 saturated carbocycles. The second-order valence-electron chi connectivity index (χ2n) is 3.57. The van der Waals surface area contributed by atoms with Gasteiger partial charge >= 0.3 is 0 Å². The second-order valence-corrected chi connectivity index (χ2v) is 6.11. The molecular weight excluding hydrogens is 190 g/mol. The smallest absolute Gasteiger partial charge is 0.154 e. The minimum absolute atomic E-state index is 0.294. The SMILES string of the molecule is C[Si](C)c1cccc2c1C(N)=NC2=N. The summed E-state index contributed by atoms with van der Waals surface area (Å²) in [6.07, 6.45) is 0. The molecule has 0 atom stereocenters. The zero-order valence-corrected chi connectivity index (χ0v) is 9.26. The van der Waals surface area contributed by atoms with Crippen molar-refractivity contribution < 1.29 is 0 Å². The monoisotopic (exact) mass is 202 g/mol. The number of nitrogens with two attached hydrogens (primary N) is 1. The molecule has 71 valence electrons. The first-order chi connectivity index (χ1) is 6.61. The topological polar surface area (TPSA) is 62.2 Å². The van der Waals surface area contributed by atoms with Crippen LogP contribution in [0.25, 0.3) is 0 Å². The highest BCUT2D eigenvalue weighted by Gasteiger charge is 2.22. The van der Waals surface area contributed by atoms with Crippen LogP contribution < -0.4 is 10.9 Å². The molecule has 0 fully saturated rings. The van der Waals surface area contributed by atoms with Gasteiger partial charge < -0.3 is 5.73 Å². The molecule has 0 saturated heterocycles. The van der Waals surface area contributed by atoms with Gasteiger partial charge in [0.05, 0.1) is 8.80 Å². The minimum atomic E-state index is -0.549. The first-order valence-electron chi connectivity index (χ1n) is 4.48. The second kappa shape index (κ2) is 3.06. The van der Waals surface area contributed by atoms with Crippen molar-refractivity contribution in [3.05, 3.63) is 29.3 Å². The first kappa shape index (κ1) is 9.14. The zero-order valence-electron chi connectivity index (χ0n) is 8.26. The summed E-state index contributed by atoms with van der Waals surface area (Å²) < 4.78 is 0. The van der Waals surface area contributed by atoms with Gasteiger partial charge in [0, 0.05) is 11.1 Å². The highest BCUT2D eigenvalue weighted by molar-refractivity contribution is 6.72. The number of hydrogen-bond acceptors (Lipinski definition) is 2. The van der Waals surface area contributed by atoms with Crippen LogP contribution in [0.5, 0.6) is 0 Å². The number of rotatable bonds is 1. The van der Waals surface area contributed by atoms with Gasteiger partial charge in [0.2, 0.25) is 0 Å². The Hall–Kier alpha value is -1.42. The number of hydrogen-bond donors (Lipinski definition) is 2. The van der Waals surface area contributed by atoms with Crippen LogP contribution in [0.4, 0.5) is 0 Å². The predicted octanol–water partition coefficient (Wildman–Crippen LogP) is 0.692. The lowest BCUT2D eigenvalue weighted by Gasteiger charge is -2.09. The van der Waals surface area contributed by atoms with Crippen molar-refractivity contribution in [2.45, 2.75) is 13.1 Å². The van der Waals surface area contributed by atoms with Crippen LogP contribution in [-0.4, -0.2) is 20.5 Å². The molecule has 1 aromatic rings. The van der Waals surface area contributed by atoms with E-state index in [2.05, 4.69) is 24.2 Å². The third kappa shape index (κ3) is 1.19. The summed E-state index contributed by atoms with van der Waals surface area (Å²) in [5.41, 5.74) is 7.68. The molecule has 0 bridgehead atoms. The third-order valence-corrected chi connectivity index (χ3v) is 3.84. The largest absolute Gasteiger partial charge is 0.383 e. The minimum Gasteiger partial charge on any atom is -0.383 e. The normalized spacial score (nSPS) is 14.5. The summed E-state index contributed by atoms with van der Waals surface area (Å²) in [6.45, 7) is 4.44. The average Bonchev–Trinajstić information content (AvgIpc) is 2.43. The van der Waals surface area contributed by atoms with E-state index < -0.39 is 8.80 Å². The van der Waals surface area contributed by atoms with Crippen LogP contribution in [0.3, 0.4) is 0 Å². The molecule has 1 heterocycles. The van der Waals surface area contributed by atoms with Gasteiger partial charge in [-0.05, 0) is 0 Å². The van der Waals surface area contributed by atoms with Crippen molar-refractivity contribution >= 4 is 25.7 Å². The number of aliphatic imine (C=N–C) groups is 1. The molecule has 0 aromatic heterocycles. The lowest BCUT2D eigenvalue weighted by atomic mass is 10.1. The van der Waals surface area contributed by atoms with Crippen molar-refractivity contribution in [1.29, 1.82) is 5.41 Å². The first-order valence-corrected chi connectivity index (χ1v) is 6.98. The summed E-state index contributed by atoms with van der Waals surface area (Å²) >= 11 is 0. The maximum absolute atomic E-state index is 7.64. The van der Waals surface area contributed by atoms with E-state index in [-0.39, 0.29) is 0 Å². The summed E-state index contributed by atoms with van der Waals surface area (Å²) in [6, 6.07) is 5.98. The van der Waals surface area contributed by atoms with E-state index in [1.807, 2.05) is 12.1 Å². The van der Waals surface area contributed by atoms with E-state index >= 15 is 0 Å². The Kier molecular flexibility index (Phi) is 2.00. The van der Waals surface area contributed by atoms with E-state index in [9.17, 15) is 0 Å². The Morgan fingerprint density at radius 3 is 2.71 bits per heavy atom. The van der Waals surface area contributed by atoms with Gasteiger partial charge in [-0.25, -0.2) is 4.99 Å². The van der Waals surface area contributed by atoms with Gasteiger partial charge in [-0.2, -0.15) is 0 Å². The molecule has 2 rings (SSSR count). The number of fused-ring (bicyclic) bond motifs is 1. The van der Waals surface area contributed by atoms with Crippen molar-refractivity contribution in [3.63, 3.8) is 0 Å². The molecule has 1 aliphatic heterocycles. The molecule has 4 heteroatoms. The van der Waals surface area contributed by atoms with Crippen LogP contribution in [-0.2, 0) is 0 Å². The maximum atomic E-state index is 7.64. The number of amidine groups is 2. The zero-order chi connectivity index (χ0) is 10.3. The molecule has 3 N–H and O–H groups in total. The molecule has 0 aliphatic carbocycles. The Balaban J connectivity index is 2.69. The predicted molar refractivity (Wildman–Crippen MR) is 61.1 cm³/mol. The fraction of sp³-hybridized carbons (Fsp3) is 0.200. The lowest BCUT2D eigenvalue weighted by molar-refractivity contribution is 1.45. The van der Waals surface area contributed by atoms with Crippen LogP contribution in [0.2, 0.25) is 13.1 Å². The van der Waals surface area contributed by atoms with Crippen molar-refractivity contribution in [3.8, 4) is 0 Å². The molecule has 1 aromatic carbocycles. The third-order valence-electron chi connectivity index (χ3n) is 2.35. The Labute approximate surface area is 84.8 Å². The highest BCUT2D eigenvalue weighted by atomic mass is 28.3. The summed E-state index contributed by atoms with van der Waals surface area (Å²) in [5, 5.41) is 8.92. The quantitative estimate of drug-likeness (QED) is 0.647. The van der Waals surface area contributed by atoms with E-state index in [1.165, 1.54) is 5.19 Å². The fourth-order valence-corrected chi connectivity index (χ4v) is 2.87. The molecule has 0 amide bonds. The van der Waals surface area contributed by atoms with Gasteiger partial charge in [0.1, 0.15) is 5.84 Å². The van der Waals surface area contributed by atoms with Gasteiger partial charge in [-0.3, -0.25) is 5.41 Å². The van der Waals surface area contributed by atoms with Crippen LogP contribution in [0, 0.1) is 5.41 Å². The van der Waals surface area contributed by atoms with Crippen LogP contribution >= 0.6 is 0 Å². The molecule has 14 heavy (non-hydrogen) atoms. The molecule has 0 unspecified atom stereocenters. The number of nitrogens with zero attached hydrogens (tertiary/aromatic N) is 1. The maximum Gasteiger partial charge on any atom is 0.154 e. The van der Waals surface area contributed by atoms with Gasteiger partial charge in [0.15, 0.2) is 5.84 Å². The summed E-state index contributed by atoms with van der Waals surface area (Å²) in [5.74, 6) is 0.800. The highest BCUT2D eigenvalue weighted by Crippen LogP contribution is 2.15. The standard InChI is InChI=1S/C10H12N3Si/c1-14(2)7-5-3-4-6-8(7)10(12)13-9(6)11/h3-5H,1-2H3,(H3,11,12,13). The van der Waals surface area contributed by atoms with E-state index in [0.29, 0.717) is 11.7 Å². The van der Waals surface area contributed by atoms with E-state index in [4.69, 9.17) is 11.1 Å². The van der Waals surface area contributed by atoms with E-state index in [0.717, 1.165) is 11.1 Å². The Morgan fingerprint density at radius 2 is 2.07 bits per heavy atom. The molecular formula is C10H12N3Si. The number of nitrogens with one attached hydrogen (secondary N) is 1. The van der Waals surface area contributed by atoms with Crippen LogP contribution in [0.1, 0.15) is 11.1 Å². The van der Waals surface area contributed by atoms with Crippen LogP contribution in [0.15, 0.2) is 23.2 Å². The Morgan fingerprint density at radius 1 is 1.36 bits per heavy atom. The van der Waals surface area contributed by atoms with Gasteiger partial charge in [-0.1, -0.05) is 36.5 Å². The lowest BCUT2D eigenvalue weighted by Crippen LogP contribution is -2.31. The molecule has 0 spiro atoms. The fourth-order valence-electron chi connectivity index (χ4n) is 1.68. The summed E-state index contributed by atoms with van der Waals surface area (Å²) in [4.78, 5) is 3.99. The van der Waals surface area contributed by atoms with Gasteiger partial charge in [-0.15, -0.1) is 0 Å². The summed E-state index contributed by atoms with van der Waals surface area (Å²) in [7, 11) is -0.549. The van der Waals surface area contributed by atoms with Crippen molar-refractivity contribution in [1.82, 2.24) is 0 Å². The van der Waals surface area contributed by atoms with Crippen molar-refractivity contribution in [2.75, 3.05) is 0 Å². The molecule has 1 radical (unpaired) electrons.